The molecule has 6 heteroatoms. The number of aryl methyl sites for hydroxylation is 1. The molecule has 0 saturated carbocycles. The number of amides is 2. The first-order valence-electron chi connectivity index (χ1n) is 7.05. The number of hydrogen-bond acceptors (Lipinski definition) is 3. The van der Waals surface area contributed by atoms with Gasteiger partial charge in [-0.15, -0.1) is 0 Å². The average molecular weight is 293 g/mol. The van der Waals surface area contributed by atoms with Crippen molar-refractivity contribution in [1.82, 2.24) is 10.2 Å². The summed E-state index contributed by atoms with van der Waals surface area (Å²) in [6, 6.07) is 4.23. The molecule has 1 heterocycles. The molecule has 3 N–H and O–H groups in total. The lowest BCUT2D eigenvalue weighted by molar-refractivity contribution is -0.119. The number of nitrogens with one attached hydrogen (secondary N) is 1. The molecule has 1 saturated heterocycles. The zero-order valence-corrected chi connectivity index (χ0v) is 12.1. The third-order valence-corrected chi connectivity index (χ3v) is 3.65. The molecule has 0 aromatic heterocycles. The molecular formula is C15H20FN3O2. The second-order valence-corrected chi connectivity index (χ2v) is 5.38. The molecule has 5 nitrogen and oxygen atoms in total. The number of benzene rings is 1. The van der Waals surface area contributed by atoms with Gasteiger partial charge in [0, 0.05) is 12.6 Å². The molecule has 2 rings (SSSR count). The number of halogens is 1. The summed E-state index contributed by atoms with van der Waals surface area (Å²) in [6.07, 6.45) is 1.68. The van der Waals surface area contributed by atoms with Crippen molar-refractivity contribution >= 4 is 11.8 Å². The Morgan fingerprint density at radius 3 is 2.86 bits per heavy atom. The highest BCUT2D eigenvalue weighted by Gasteiger charge is 2.28. The lowest BCUT2D eigenvalue weighted by Crippen LogP contribution is -2.51. The van der Waals surface area contributed by atoms with E-state index in [1.807, 2.05) is 0 Å². The maximum absolute atomic E-state index is 13.9. The number of hydrogen-bond donors (Lipinski definition) is 2. The van der Waals surface area contributed by atoms with Crippen LogP contribution in [0.15, 0.2) is 18.2 Å². The largest absolute Gasteiger partial charge is 0.368 e. The van der Waals surface area contributed by atoms with Crippen LogP contribution in [0.4, 0.5) is 4.39 Å². The van der Waals surface area contributed by atoms with Crippen LogP contribution in [0.5, 0.6) is 0 Å². The molecule has 0 spiro atoms. The average Bonchev–Trinajstić information content (AvgIpc) is 2.47. The van der Waals surface area contributed by atoms with E-state index in [4.69, 9.17) is 5.73 Å². The van der Waals surface area contributed by atoms with E-state index in [1.54, 1.807) is 13.0 Å². The number of nitrogens with two attached hydrogens (primary N) is 1. The van der Waals surface area contributed by atoms with Crippen molar-refractivity contribution in [2.24, 2.45) is 5.73 Å². The molecular weight excluding hydrogens is 273 g/mol. The molecule has 1 atom stereocenters. The smallest absolute Gasteiger partial charge is 0.257 e. The third-order valence-electron chi connectivity index (χ3n) is 3.65. The van der Waals surface area contributed by atoms with Crippen LogP contribution in [0.1, 0.15) is 28.8 Å². The Labute approximate surface area is 123 Å². The highest BCUT2D eigenvalue weighted by atomic mass is 19.1. The minimum atomic E-state index is -0.595. The fourth-order valence-electron chi connectivity index (χ4n) is 2.59. The van der Waals surface area contributed by atoms with Crippen LogP contribution >= 0.6 is 0 Å². The lowest BCUT2D eigenvalue weighted by Gasteiger charge is -2.34. The number of carbonyl (C=O) groups is 2. The van der Waals surface area contributed by atoms with E-state index in [2.05, 4.69) is 5.32 Å². The lowest BCUT2D eigenvalue weighted by atomic mass is 10.0. The van der Waals surface area contributed by atoms with Crippen LogP contribution in [0.2, 0.25) is 0 Å². The highest BCUT2D eigenvalue weighted by molar-refractivity contribution is 5.97. The number of carbonyl (C=O) groups excluding carboxylic acids is 2. The van der Waals surface area contributed by atoms with Gasteiger partial charge in [-0.1, -0.05) is 11.6 Å². The van der Waals surface area contributed by atoms with Gasteiger partial charge in [0.2, 0.25) is 5.91 Å². The maximum atomic E-state index is 13.9. The summed E-state index contributed by atoms with van der Waals surface area (Å²) in [5.74, 6) is -1.66. The van der Waals surface area contributed by atoms with Crippen molar-refractivity contribution in [2.75, 3.05) is 19.6 Å². The Kier molecular flexibility index (Phi) is 4.90. The molecule has 0 aliphatic carbocycles. The molecule has 0 bridgehead atoms. The number of nitrogens with zero attached hydrogens (tertiary/aromatic N) is 1. The van der Waals surface area contributed by atoms with Gasteiger partial charge in [0.15, 0.2) is 0 Å². The molecule has 1 aromatic rings. The van der Waals surface area contributed by atoms with E-state index < -0.39 is 17.6 Å². The molecule has 2 amide bonds. The Morgan fingerprint density at radius 1 is 1.48 bits per heavy atom. The van der Waals surface area contributed by atoms with Gasteiger partial charge in [0.25, 0.3) is 5.91 Å². The molecule has 0 radical (unpaired) electrons. The van der Waals surface area contributed by atoms with Crippen LogP contribution in [-0.4, -0.2) is 42.4 Å². The first-order chi connectivity index (χ1) is 9.99. The van der Waals surface area contributed by atoms with Crippen LogP contribution in [0, 0.1) is 12.7 Å². The maximum Gasteiger partial charge on any atom is 0.257 e. The predicted octanol–water partition coefficient (Wildman–Crippen LogP) is 0.814. The van der Waals surface area contributed by atoms with E-state index in [9.17, 15) is 14.0 Å². The molecule has 114 valence electrons. The van der Waals surface area contributed by atoms with E-state index in [0.29, 0.717) is 6.54 Å². The van der Waals surface area contributed by atoms with Gasteiger partial charge in [-0.05, 0) is 38.4 Å². The van der Waals surface area contributed by atoms with E-state index in [0.717, 1.165) is 24.9 Å². The summed E-state index contributed by atoms with van der Waals surface area (Å²) in [6.45, 7) is 3.07. The van der Waals surface area contributed by atoms with Crippen molar-refractivity contribution in [3.63, 3.8) is 0 Å². The Morgan fingerprint density at radius 2 is 2.24 bits per heavy atom. The zero-order valence-electron chi connectivity index (χ0n) is 12.1. The summed E-state index contributed by atoms with van der Waals surface area (Å²) >= 11 is 0. The van der Waals surface area contributed by atoms with Gasteiger partial charge < -0.3 is 16.0 Å². The van der Waals surface area contributed by atoms with E-state index >= 15 is 0 Å². The minimum Gasteiger partial charge on any atom is -0.368 e. The summed E-state index contributed by atoms with van der Waals surface area (Å²) < 4.78 is 13.9. The van der Waals surface area contributed by atoms with Crippen LogP contribution in [-0.2, 0) is 4.79 Å². The molecule has 21 heavy (non-hydrogen) atoms. The van der Waals surface area contributed by atoms with Crippen molar-refractivity contribution in [2.45, 2.75) is 25.8 Å². The number of primary amides is 1. The Hall–Kier alpha value is -1.95. The Bertz CT molecular complexity index is 542. The summed E-state index contributed by atoms with van der Waals surface area (Å²) in [5.41, 5.74) is 6.02. The second-order valence-electron chi connectivity index (χ2n) is 5.38. The van der Waals surface area contributed by atoms with E-state index in [-0.39, 0.29) is 18.2 Å². The molecule has 1 aromatic carbocycles. The van der Waals surface area contributed by atoms with Crippen molar-refractivity contribution < 1.29 is 14.0 Å². The summed E-state index contributed by atoms with van der Waals surface area (Å²) in [5, 5.41) is 3.18. The fourth-order valence-corrected chi connectivity index (χ4v) is 2.59. The van der Waals surface area contributed by atoms with Crippen LogP contribution < -0.4 is 11.1 Å². The molecule has 1 unspecified atom stereocenters. The quantitative estimate of drug-likeness (QED) is 0.863. The first kappa shape index (κ1) is 15.4. The van der Waals surface area contributed by atoms with Gasteiger partial charge in [0.1, 0.15) is 5.82 Å². The molecule has 1 aliphatic rings. The van der Waals surface area contributed by atoms with Crippen LogP contribution in [0.3, 0.4) is 0 Å². The molecule has 1 aliphatic heterocycles. The third kappa shape index (κ3) is 3.78. The standard InChI is InChI=1S/C15H20FN3O2/c1-10-4-5-13(16)12(7-10)15(21)19(9-14(17)20)11-3-2-6-18-8-11/h4-5,7,11,18H,2-3,6,8-9H2,1H3,(H2,17,20). The SMILES string of the molecule is Cc1ccc(F)c(C(=O)N(CC(N)=O)C2CCCNC2)c1. The van der Waals surface area contributed by atoms with Gasteiger partial charge in [-0.3, -0.25) is 9.59 Å². The minimum absolute atomic E-state index is 0.0122. The van der Waals surface area contributed by atoms with Gasteiger partial charge in [-0.2, -0.15) is 0 Å². The Balaban J connectivity index is 2.28. The van der Waals surface area contributed by atoms with Gasteiger partial charge >= 0.3 is 0 Å². The predicted molar refractivity (Wildman–Crippen MR) is 77.3 cm³/mol. The fraction of sp³-hybridized carbons (Fsp3) is 0.467. The number of rotatable bonds is 4. The summed E-state index contributed by atoms with van der Waals surface area (Å²) in [4.78, 5) is 25.2. The monoisotopic (exact) mass is 293 g/mol. The highest BCUT2D eigenvalue weighted by Crippen LogP contribution is 2.17. The van der Waals surface area contributed by atoms with Gasteiger partial charge in [0.05, 0.1) is 12.1 Å². The van der Waals surface area contributed by atoms with Crippen LogP contribution in [0.25, 0.3) is 0 Å². The molecule has 1 fully saturated rings. The van der Waals surface area contributed by atoms with Gasteiger partial charge in [-0.25, -0.2) is 4.39 Å². The number of piperidine rings is 1. The topological polar surface area (TPSA) is 75.4 Å². The van der Waals surface area contributed by atoms with Crippen molar-refractivity contribution in [3.8, 4) is 0 Å². The summed E-state index contributed by atoms with van der Waals surface area (Å²) in [7, 11) is 0. The van der Waals surface area contributed by atoms with Crippen molar-refractivity contribution in [3.05, 3.63) is 35.1 Å². The van der Waals surface area contributed by atoms with E-state index in [1.165, 1.54) is 17.0 Å². The zero-order chi connectivity index (χ0) is 15.4. The normalized spacial score (nSPS) is 18.3. The first-order valence-corrected chi connectivity index (χ1v) is 7.05. The van der Waals surface area contributed by atoms with Crippen molar-refractivity contribution in [1.29, 1.82) is 0 Å². The second kappa shape index (κ2) is 6.67.